The average Bonchev–Trinajstić information content (AvgIpc) is 2.62. The van der Waals surface area contributed by atoms with E-state index in [0.717, 1.165) is 26.2 Å². The Morgan fingerprint density at radius 2 is 1.83 bits per heavy atom. The van der Waals surface area contributed by atoms with Crippen LogP contribution in [0, 0.1) is 5.82 Å². The molecule has 0 spiro atoms. The van der Waals surface area contributed by atoms with Crippen molar-refractivity contribution in [2.24, 2.45) is 0 Å². The van der Waals surface area contributed by atoms with E-state index in [1.54, 1.807) is 12.1 Å². The van der Waals surface area contributed by atoms with Gasteiger partial charge >= 0.3 is 0 Å². The molecule has 0 aromatic heterocycles. The minimum absolute atomic E-state index is 0.0660. The minimum atomic E-state index is -0.343. The molecule has 2 N–H and O–H groups in total. The van der Waals surface area contributed by atoms with Gasteiger partial charge in [0.2, 0.25) is 0 Å². The van der Waals surface area contributed by atoms with Gasteiger partial charge in [-0.15, -0.1) is 0 Å². The van der Waals surface area contributed by atoms with Crippen LogP contribution < -0.4 is 15.1 Å². The third-order valence-electron chi connectivity index (χ3n) is 4.62. The van der Waals surface area contributed by atoms with Gasteiger partial charge in [0.1, 0.15) is 5.82 Å². The number of para-hydroxylation sites is 1. The summed E-state index contributed by atoms with van der Waals surface area (Å²) in [4.78, 5) is 16.0. The molecule has 1 aliphatic heterocycles. The highest BCUT2D eigenvalue weighted by Crippen LogP contribution is 2.13. The zero-order valence-corrected chi connectivity index (χ0v) is 13.8. The maximum atomic E-state index is 13.2. The van der Waals surface area contributed by atoms with Gasteiger partial charge < -0.3 is 15.1 Å². The van der Waals surface area contributed by atoms with Gasteiger partial charge in [-0.25, -0.2) is 4.39 Å². The molecule has 1 fully saturated rings. The Labute approximate surface area is 141 Å². The summed E-state index contributed by atoms with van der Waals surface area (Å²) < 4.78 is 13.2. The number of halogens is 1. The number of nitrogens with zero attached hydrogens (tertiary/aromatic N) is 1. The summed E-state index contributed by atoms with van der Waals surface area (Å²) in [6.45, 7) is 5.61. The second kappa shape index (κ2) is 7.45. The fraction of sp³-hybridized carbons (Fsp3) is 0.316. The fourth-order valence-electron chi connectivity index (χ4n) is 3.13. The standard InChI is InChI=1S/C19H22FN3O/c1-15(19(24)21-17-7-5-6-16(20)14-17)22-10-12-23(13-11-22)18-8-3-2-4-9-18/h2-9,14-15H,10-13H2,1H3,(H,21,24)/p+1/t15-/m1/s1. The monoisotopic (exact) mass is 328 g/mol. The van der Waals surface area contributed by atoms with Crippen molar-refractivity contribution in [2.75, 3.05) is 36.4 Å². The zero-order valence-electron chi connectivity index (χ0n) is 13.8. The van der Waals surface area contributed by atoms with Crippen LogP contribution >= 0.6 is 0 Å². The summed E-state index contributed by atoms with van der Waals surface area (Å²) >= 11 is 0. The third kappa shape index (κ3) is 3.92. The molecular weight excluding hydrogens is 305 g/mol. The van der Waals surface area contributed by atoms with Crippen molar-refractivity contribution in [2.45, 2.75) is 13.0 Å². The van der Waals surface area contributed by atoms with Crippen LogP contribution in [0.4, 0.5) is 15.8 Å². The van der Waals surface area contributed by atoms with Crippen LogP contribution in [0.5, 0.6) is 0 Å². The molecule has 0 saturated carbocycles. The van der Waals surface area contributed by atoms with Gasteiger partial charge in [-0.05, 0) is 37.3 Å². The Morgan fingerprint density at radius 3 is 2.50 bits per heavy atom. The number of carbonyl (C=O) groups is 1. The molecular formula is C19H23FN3O+. The first-order valence-corrected chi connectivity index (χ1v) is 8.34. The van der Waals surface area contributed by atoms with Crippen molar-refractivity contribution >= 4 is 17.3 Å². The number of hydrogen-bond donors (Lipinski definition) is 2. The maximum Gasteiger partial charge on any atom is 0.282 e. The number of piperazine rings is 1. The number of rotatable bonds is 4. The average molecular weight is 328 g/mol. The van der Waals surface area contributed by atoms with Crippen molar-refractivity contribution < 1.29 is 14.1 Å². The summed E-state index contributed by atoms with van der Waals surface area (Å²) in [6.07, 6.45) is 0. The summed E-state index contributed by atoms with van der Waals surface area (Å²) in [5.74, 6) is -0.409. The number of carbonyl (C=O) groups excluding carboxylic acids is 1. The van der Waals surface area contributed by atoms with Crippen molar-refractivity contribution in [1.82, 2.24) is 0 Å². The lowest BCUT2D eigenvalue weighted by atomic mass is 10.2. The highest BCUT2D eigenvalue weighted by molar-refractivity contribution is 5.93. The molecule has 0 bridgehead atoms. The highest BCUT2D eigenvalue weighted by atomic mass is 19.1. The molecule has 1 aliphatic rings. The highest BCUT2D eigenvalue weighted by Gasteiger charge is 2.29. The van der Waals surface area contributed by atoms with Crippen LogP contribution in [0.15, 0.2) is 54.6 Å². The first-order chi connectivity index (χ1) is 11.6. The molecule has 1 heterocycles. The third-order valence-corrected chi connectivity index (χ3v) is 4.62. The summed E-state index contributed by atoms with van der Waals surface area (Å²) in [6, 6.07) is 16.2. The quantitative estimate of drug-likeness (QED) is 0.894. The smallest absolute Gasteiger partial charge is 0.282 e. The second-order valence-corrected chi connectivity index (χ2v) is 6.20. The van der Waals surface area contributed by atoms with E-state index in [-0.39, 0.29) is 17.8 Å². The Balaban J connectivity index is 1.55. The van der Waals surface area contributed by atoms with Crippen LogP contribution in [-0.4, -0.2) is 38.1 Å². The molecule has 24 heavy (non-hydrogen) atoms. The van der Waals surface area contributed by atoms with E-state index in [0.29, 0.717) is 5.69 Å². The molecule has 1 amide bonds. The van der Waals surface area contributed by atoms with Gasteiger partial charge in [0.15, 0.2) is 6.04 Å². The molecule has 3 rings (SSSR count). The number of amides is 1. The normalized spacial score (nSPS) is 16.7. The Hall–Kier alpha value is -2.40. The van der Waals surface area contributed by atoms with E-state index in [9.17, 15) is 9.18 Å². The number of benzene rings is 2. The van der Waals surface area contributed by atoms with E-state index >= 15 is 0 Å². The molecule has 2 aromatic rings. The van der Waals surface area contributed by atoms with E-state index in [2.05, 4.69) is 22.3 Å². The van der Waals surface area contributed by atoms with E-state index < -0.39 is 0 Å². The molecule has 1 atom stereocenters. The van der Waals surface area contributed by atoms with Gasteiger partial charge in [0, 0.05) is 11.4 Å². The largest absolute Gasteiger partial charge is 0.360 e. The summed E-state index contributed by atoms with van der Waals surface area (Å²) in [5, 5.41) is 2.81. The van der Waals surface area contributed by atoms with Crippen molar-refractivity contribution in [3.63, 3.8) is 0 Å². The van der Waals surface area contributed by atoms with Crippen molar-refractivity contribution in [1.29, 1.82) is 0 Å². The first kappa shape index (κ1) is 16.5. The Bertz CT molecular complexity index is 684. The van der Waals surface area contributed by atoms with Crippen molar-refractivity contribution in [3.8, 4) is 0 Å². The van der Waals surface area contributed by atoms with Gasteiger partial charge in [0.05, 0.1) is 26.2 Å². The van der Waals surface area contributed by atoms with Crippen LogP contribution in [0.2, 0.25) is 0 Å². The Kier molecular flexibility index (Phi) is 5.11. The van der Waals surface area contributed by atoms with Crippen LogP contribution in [0.3, 0.4) is 0 Å². The number of nitrogens with one attached hydrogen (secondary N) is 2. The minimum Gasteiger partial charge on any atom is -0.360 e. The number of anilines is 2. The Morgan fingerprint density at radius 1 is 1.12 bits per heavy atom. The van der Waals surface area contributed by atoms with Crippen LogP contribution in [0.1, 0.15) is 6.92 Å². The lowest BCUT2D eigenvalue weighted by molar-refractivity contribution is -0.914. The molecule has 2 aromatic carbocycles. The van der Waals surface area contributed by atoms with E-state index in [1.165, 1.54) is 22.7 Å². The van der Waals surface area contributed by atoms with Gasteiger partial charge in [-0.3, -0.25) is 4.79 Å². The zero-order chi connectivity index (χ0) is 16.9. The predicted molar refractivity (Wildman–Crippen MR) is 93.8 cm³/mol. The molecule has 0 unspecified atom stereocenters. The SMILES string of the molecule is C[C@H](C(=O)Nc1cccc(F)c1)[NH+]1CCN(c2ccccc2)CC1. The molecule has 4 nitrogen and oxygen atoms in total. The van der Waals surface area contributed by atoms with E-state index in [4.69, 9.17) is 0 Å². The topological polar surface area (TPSA) is 36.8 Å². The maximum absolute atomic E-state index is 13.2. The van der Waals surface area contributed by atoms with Crippen LogP contribution in [0.25, 0.3) is 0 Å². The van der Waals surface area contributed by atoms with Crippen molar-refractivity contribution in [3.05, 3.63) is 60.4 Å². The number of quaternary nitrogens is 1. The first-order valence-electron chi connectivity index (χ1n) is 8.34. The fourth-order valence-corrected chi connectivity index (χ4v) is 3.13. The van der Waals surface area contributed by atoms with Gasteiger partial charge in [0.25, 0.3) is 5.91 Å². The predicted octanol–water partition coefficient (Wildman–Crippen LogP) is 1.56. The molecule has 1 saturated heterocycles. The van der Waals surface area contributed by atoms with Crippen LogP contribution in [-0.2, 0) is 4.79 Å². The summed E-state index contributed by atoms with van der Waals surface area (Å²) in [5.41, 5.74) is 1.74. The van der Waals surface area contributed by atoms with Gasteiger partial charge in [-0.1, -0.05) is 24.3 Å². The number of hydrogen-bond acceptors (Lipinski definition) is 2. The van der Waals surface area contributed by atoms with Gasteiger partial charge in [-0.2, -0.15) is 0 Å². The van der Waals surface area contributed by atoms with E-state index in [1.807, 2.05) is 25.1 Å². The lowest BCUT2D eigenvalue weighted by Crippen LogP contribution is -3.19. The summed E-state index contributed by atoms with van der Waals surface area (Å²) in [7, 11) is 0. The molecule has 5 heteroatoms. The second-order valence-electron chi connectivity index (χ2n) is 6.20. The molecule has 0 radical (unpaired) electrons. The lowest BCUT2D eigenvalue weighted by Gasteiger charge is -2.36. The molecule has 0 aliphatic carbocycles. The molecule has 126 valence electrons.